The Morgan fingerprint density at radius 3 is 2.56 bits per heavy atom. The first-order valence-corrected chi connectivity index (χ1v) is 3.50. The van der Waals surface area contributed by atoms with Gasteiger partial charge >= 0.3 is 0 Å². The van der Waals surface area contributed by atoms with Gasteiger partial charge in [-0.2, -0.15) is 0 Å². The minimum atomic E-state index is 0.0792. The number of hydrogen-bond donors (Lipinski definition) is 1. The van der Waals surface area contributed by atoms with Gasteiger partial charge in [0.05, 0.1) is 12.2 Å². The molecule has 1 atom stereocenters. The van der Waals surface area contributed by atoms with Crippen LogP contribution in [0.15, 0.2) is 0 Å². The zero-order chi connectivity index (χ0) is 6.91. The lowest BCUT2D eigenvalue weighted by Crippen LogP contribution is -2.40. The summed E-state index contributed by atoms with van der Waals surface area (Å²) in [5.74, 6) is 0. The Kier molecular flexibility index (Phi) is 1.78. The van der Waals surface area contributed by atoms with Crippen LogP contribution in [0.25, 0.3) is 0 Å². The molecule has 1 rings (SSSR count). The number of ether oxygens (including phenoxy) is 1. The molecule has 0 aliphatic carbocycles. The van der Waals surface area contributed by atoms with E-state index in [0.29, 0.717) is 0 Å². The quantitative estimate of drug-likeness (QED) is 0.527. The highest BCUT2D eigenvalue weighted by atomic mass is 16.5. The summed E-state index contributed by atoms with van der Waals surface area (Å²) in [6.45, 7) is 4.95. The fraction of sp³-hybridized carbons (Fsp3) is 1.00. The predicted octanol–water partition coefficient (Wildman–Crippen LogP) is 0.903. The van der Waals surface area contributed by atoms with Crippen LogP contribution in [0.2, 0.25) is 0 Å². The fourth-order valence-corrected chi connectivity index (χ4v) is 1.02. The monoisotopic (exact) mass is 129 g/mol. The standard InChI is InChI=1S/C7H15NO/c1-7(2)4-3-6(8)5-9-7/h6H,3-5,8H2,1-2H3/t6-/m0/s1. The molecular formula is C7H15NO. The number of nitrogens with two attached hydrogens (primary N) is 1. The van der Waals surface area contributed by atoms with E-state index in [-0.39, 0.29) is 11.6 Å². The molecule has 1 heterocycles. The van der Waals surface area contributed by atoms with Crippen molar-refractivity contribution in [3.63, 3.8) is 0 Å². The molecule has 1 aliphatic rings. The van der Waals surface area contributed by atoms with Gasteiger partial charge in [-0.05, 0) is 26.7 Å². The molecule has 0 spiro atoms. The van der Waals surface area contributed by atoms with Crippen molar-refractivity contribution in [2.45, 2.75) is 38.3 Å². The minimum Gasteiger partial charge on any atom is -0.374 e. The van der Waals surface area contributed by atoms with Crippen molar-refractivity contribution < 1.29 is 4.74 Å². The van der Waals surface area contributed by atoms with Crippen molar-refractivity contribution in [2.75, 3.05) is 6.61 Å². The zero-order valence-electron chi connectivity index (χ0n) is 6.18. The molecule has 0 amide bonds. The SMILES string of the molecule is CC1(C)CC[C@H](N)CO1. The third-order valence-electron chi connectivity index (χ3n) is 1.81. The average molecular weight is 129 g/mol. The Hall–Kier alpha value is -0.0800. The second-order valence-corrected chi connectivity index (χ2v) is 3.37. The molecule has 0 bridgehead atoms. The molecule has 0 saturated carbocycles. The first-order chi connectivity index (χ1) is 4.10. The van der Waals surface area contributed by atoms with E-state index in [1.54, 1.807) is 0 Å². The topological polar surface area (TPSA) is 35.2 Å². The van der Waals surface area contributed by atoms with E-state index < -0.39 is 0 Å². The van der Waals surface area contributed by atoms with Crippen LogP contribution in [-0.2, 0) is 4.74 Å². The minimum absolute atomic E-state index is 0.0792. The lowest BCUT2D eigenvalue weighted by atomic mass is 9.96. The average Bonchev–Trinajstić information content (AvgIpc) is 1.78. The van der Waals surface area contributed by atoms with Gasteiger partial charge in [0.1, 0.15) is 0 Å². The van der Waals surface area contributed by atoms with Crippen molar-refractivity contribution in [3.05, 3.63) is 0 Å². The van der Waals surface area contributed by atoms with Crippen LogP contribution in [0.1, 0.15) is 26.7 Å². The molecule has 1 saturated heterocycles. The summed E-state index contributed by atoms with van der Waals surface area (Å²) in [7, 11) is 0. The van der Waals surface area contributed by atoms with E-state index in [4.69, 9.17) is 10.5 Å². The molecule has 2 nitrogen and oxygen atoms in total. The normalized spacial score (nSPS) is 34.3. The Morgan fingerprint density at radius 1 is 1.56 bits per heavy atom. The van der Waals surface area contributed by atoms with Crippen LogP contribution in [-0.4, -0.2) is 18.2 Å². The van der Waals surface area contributed by atoms with E-state index in [0.717, 1.165) is 19.4 Å². The summed E-state index contributed by atoms with van der Waals surface area (Å²) in [5.41, 5.74) is 5.71. The molecule has 0 unspecified atom stereocenters. The van der Waals surface area contributed by atoms with Gasteiger partial charge in [-0.3, -0.25) is 0 Å². The Balaban J connectivity index is 2.35. The molecule has 0 aromatic heterocycles. The second-order valence-electron chi connectivity index (χ2n) is 3.37. The van der Waals surface area contributed by atoms with Crippen molar-refractivity contribution in [1.82, 2.24) is 0 Å². The van der Waals surface area contributed by atoms with Gasteiger partial charge in [-0.15, -0.1) is 0 Å². The first-order valence-electron chi connectivity index (χ1n) is 3.50. The summed E-state index contributed by atoms with van der Waals surface area (Å²) in [6, 6.07) is 0.276. The Morgan fingerprint density at radius 2 is 2.22 bits per heavy atom. The fourth-order valence-electron chi connectivity index (χ4n) is 1.02. The van der Waals surface area contributed by atoms with E-state index in [1.165, 1.54) is 0 Å². The molecule has 2 heteroatoms. The van der Waals surface area contributed by atoms with Gasteiger partial charge < -0.3 is 10.5 Å². The van der Waals surface area contributed by atoms with Gasteiger partial charge in [0, 0.05) is 6.04 Å². The van der Waals surface area contributed by atoms with Crippen LogP contribution in [0.5, 0.6) is 0 Å². The summed E-state index contributed by atoms with van der Waals surface area (Å²) >= 11 is 0. The van der Waals surface area contributed by atoms with Crippen molar-refractivity contribution in [3.8, 4) is 0 Å². The summed E-state index contributed by atoms with van der Waals surface area (Å²) in [4.78, 5) is 0. The highest BCUT2D eigenvalue weighted by Crippen LogP contribution is 2.22. The van der Waals surface area contributed by atoms with E-state index in [1.807, 2.05) is 0 Å². The Labute approximate surface area is 56.4 Å². The van der Waals surface area contributed by atoms with Gasteiger partial charge in [0.15, 0.2) is 0 Å². The zero-order valence-corrected chi connectivity index (χ0v) is 6.18. The third kappa shape index (κ3) is 1.95. The van der Waals surface area contributed by atoms with Crippen LogP contribution in [0, 0.1) is 0 Å². The molecule has 1 fully saturated rings. The first kappa shape index (κ1) is 7.03. The predicted molar refractivity (Wildman–Crippen MR) is 37.2 cm³/mol. The molecule has 54 valence electrons. The van der Waals surface area contributed by atoms with Crippen LogP contribution < -0.4 is 5.73 Å². The van der Waals surface area contributed by atoms with Gasteiger partial charge in [-0.1, -0.05) is 0 Å². The maximum atomic E-state index is 5.63. The smallest absolute Gasteiger partial charge is 0.0627 e. The third-order valence-corrected chi connectivity index (χ3v) is 1.81. The summed E-state index contributed by atoms with van der Waals surface area (Å²) in [6.07, 6.45) is 2.20. The van der Waals surface area contributed by atoms with Crippen LogP contribution in [0.4, 0.5) is 0 Å². The van der Waals surface area contributed by atoms with Crippen LogP contribution >= 0.6 is 0 Å². The Bertz CT molecular complexity index is 91.1. The summed E-state index contributed by atoms with van der Waals surface area (Å²) in [5, 5.41) is 0. The number of hydrogen-bond acceptors (Lipinski definition) is 2. The lowest BCUT2D eigenvalue weighted by molar-refractivity contribution is -0.0594. The van der Waals surface area contributed by atoms with Gasteiger partial charge in [-0.25, -0.2) is 0 Å². The van der Waals surface area contributed by atoms with Gasteiger partial charge in [0.2, 0.25) is 0 Å². The largest absolute Gasteiger partial charge is 0.374 e. The molecule has 0 aromatic rings. The van der Waals surface area contributed by atoms with E-state index >= 15 is 0 Å². The van der Waals surface area contributed by atoms with Crippen molar-refractivity contribution in [1.29, 1.82) is 0 Å². The highest BCUT2D eigenvalue weighted by molar-refractivity contribution is 4.78. The molecule has 1 aliphatic heterocycles. The molecule has 0 radical (unpaired) electrons. The lowest BCUT2D eigenvalue weighted by Gasteiger charge is -2.32. The second kappa shape index (κ2) is 2.27. The molecule has 2 N–H and O–H groups in total. The van der Waals surface area contributed by atoms with Gasteiger partial charge in [0.25, 0.3) is 0 Å². The van der Waals surface area contributed by atoms with E-state index in [2.05, 4.69) is 13.8 Å². The van der Waals surface area contributed by atoms with E-state index in [9.17, 15) is 0 Å². The summed E-state index contributed by atoms with van der Waals surface area (Å²) < 4.78 is 5.45. The van der Waals surface area contributed by atoms with Crippen molar-refractivity contribution >= 4 is 0 Å². The van der Waals surface area contributed by atoms with Crippen molar-refractivity contribution in [2.24, 2.45) is 5.73 Å². The molecule has 0 aromatic carbocycles. The number of rotatable bonds is 0. The van der Waals surface area contributed by atoms with Crippen LogP contribution in [0.3, 0.4) is 0 Å². The molecule has 9 heavy (non-hydrogen) atoms. The maximum Gasteiger partial charge on any atom is 0.0627 e. The highest BCUT2D eigenvalue weighted by Gasteiger charge is 2.25. The maximum absolute atomic E-state index is 5.63. The molecular weight excluding hydrogens is 114 g/mol.